The van der Waals surface area contributed by atoms with Crippen LogP contribution in [0.25, 0.3) is 22.3 Å². The van der Waals surface area contributed by atoms with Crippen molar-refractivity contribution >= 4 is 16.8 Å². The molecule has 1 atom stereocenters. The lowest BCUT2D eigenvalue weighted by Gasteiger charge is -2.33. The zero-order chi connectivity index (χ0) is 18.9. The summed E-state index contributed by atoms with van der Waals surface area (Å²) in [6, 6.07) is 11.2. The minimum atomic E-state index is -0.210. The average Bonchev–Trinajstić information content (AvgIpc) is 3.43. The molecule has 0 spiro atoms. The molecule has 3 aromatic heterocycles. The second-order valence-corrected chi connectivity index (χ2v) is 6.95. The van der Waals surface area contributed by atoms with Crippen molar-refractivity contribution in [3.05, 3.63) is 66.4 Å². The van der Waals surface area contributed by atoms with Crippen molar-refractivity contribution in [1.29, 1.82) is 0 Å². The van der Waals surface area contributed by atoms with Crippen molar-refractivity contribution in [1.82, 2.24) is 25.0 Å². The van der Waals surface area contributed by atoms with E-state index in [0.29, 0.717) is 23.8 Å². The number of hydrogen-bond acceptors (Lipinski definition) is 5. The molecular weight excluding hydrogens is 354 g/mol. The molecule has 1 saturated heterocycles. The van der Waals surface area contributed by atoms with Crippen LogP contribution in [0.5, 0.6) is 0 Å². The van der Waals surface area contributed by atoms with E-state index < -0.39 is 0 Å². The van der Waals surface area contributed by atoms with Gasteiger partial charge in [-0.05, 0) is 49.6 Å². The Kier molecular flexibility index (Phi) is 4.12. The number of carbonyl (C=O) groups excluding carboxylic acids is 1. The van der Waals surface area contributed by atoms with E-state index in [4.69, 9.17) is 4.52 Å². The van der Waals surface area contributed by atoms with Crippen LogP contribution in [-0.4, -0.2) is 37.5 Å². The maximum atomic E-state index is 13.4. The van der Waals surface area contributed by atoms with Gasteiger partial charge in [-0.15, -0.1) is 0 Å². The van der Waals surface area contributed by atoms with E-state index in [1.54, 1.807) is 12.4 Å². The number of aromatic amines is 1. The summed E-state index contributed by atoms with van der Waals surface area (Å²) in [4.78, 5) is 27.0. The smallest absolute Gasteiger partial charge is 0.255 e. The molecule has 1 amide bonds. The van der Waals surface area contributed by atoms with Crippen molar-refractivity contribution in [2.45, 2.75) is 25.3 Å². The van der Waals surface area contributed by atoms with Gasteiger partial charge in [0, 0.05) is 47.2 Å². The number of carbonyl (C=O) groups is 1. The molecule has 0 aliphatic carbocycles. The van der Waals surface area contributed by atoms with Crippen LogP contribution in [-0.2, 0) is 0 Å². The molecule has 7 nitrogen and oxygen atoms in total. The molecule has 1 aliphatic rings. The highest BCUT2D eigenvalue weighted by Gasteiger charge is 2.33. The molecule has 1 aromatic carbocycles. The molecule has 0 radical (unpaired) electrons. The third kappa shape index (κ3) is 2.85. The summed E-state index contributed by atoms with van der Waals surface area (Å²) < 4.78 is 5.57. The number of H-pyrrole nitrogens is 1. The van der Waals surface area contributed by atoms with Gasteiger partial charge in [0.1, 0.15) is 6.04 Å². The monoisotopic (exact) mass is 373 g/mol. The van der Waals surface area contributed by atoms with Gasteiger partial charge in [0.15, 0.2) is 0 Å². The second kappa shape index (κ2) is 6.92. The Bertz CT molecular complexity index is 1120. The number of aromatic nitrogens is 4. The van der Waals surface area contributed by atoms with Gasteiger partial charge in [-0.2, -0.15) is 4.98 Å². The quantitative estimate of drug-likeness (QED) is 0.587. The fraction of sp³-hybridized carbons (Fsp3) is 0.238. The first-order valence-corrected chi connectivity index (χ1v) is 9.42. The fourth-order valence-electron chi connectivity index (χ4n) is 3.85. The standard InChI is InChI=1S/C21H19N5O2/c27-21(16-4-3-5-17-15(16)9-12-23-17)26-13-2-1-6-18(26)20-24-19(25-28-20)14-7-10-22-11-8-14/h3-5,7-12,18,23H,1-2,6,13H2/t18-/m1/s1. The SMILES string of the molecule is O=C(c1cccc2[nH]ccc12)N1CCCC[C@@H]1c1nc(-c2ccncc2)no1. The average molecular weight is 373 g/mol. The van der Waals surface area contributed by atoms with Gasteiger partial charge in [-0.1, -0.05) is 11.2 Å². The molecule has 4 heterocycles. The van der Waals surface area contributed by atoms with Gasteiger partial charge in [0.2, 0.25) is 11.7 Å². The molecule has 28 heavy (non-hydrogen) atoms. The van der Waals surface area contributed by atoms with E-state index in [-0.39, 0.29) is 11.9 Å². The van der Waals surface area contributed by atoms with Gasteiger partial charge in [0.05, 0.1) is 0 Å². The number of benzene rings is 1. The van der Waals surface area contributed by atoms with Crippen LogP contribution >= 0.6 is 0 Å². The maximum absolute atomic E-state index is 13.4. The zero-order valence-corrected chi connectivity index (χ0v) is 15.2. The van der Waals surface area contributed by atoms with Crippen LogP contribution in [0, 0.1) is 0 Å². The second-order valence-electron chi connectivity index (χ2n) is 6.95. The topological polar surface area (TPSA) is 87.9 Å². The van der Waals surface area contributed by atoms with Crippen LogP contribution < -0.4 is 0 Å². The lowest BCUT2D eigenvalue weighted by atomic mass is 9.99. The molecular formula is C21H19N5O2. The molecule has 7 heteroatoms. The van der Waals surface area contributed by atoms with Crippen LogP contribution in [0.4, 0.5) is 0 Å². The summed E-state index contributed by atoms with van der Waals surface area (Å²) in [6.45, 7) is 0.678. The first-order chi connectivity index (χ1) is 13.8. The summed E-state index contributed by atoms with van der Waals surface area (Å²) in [7, 11) is 0. The van der Waals surface area contributed by atoms with Crippen molar-refractivity contribution in [2.75, 3.05) is 6.54 Å². The Morgan fingerprint density at radius 2 is 2.04 bits per heavy atom. The van der Waals surface area contributed by atoms with Crippen molar-refractivity contribution < 1.29 is 9.32 Å². The molecule has 0 saturated carbocycles. The predicted molar refractivity (Wildman–Crippen MR) is 103 cm³/mol. The number of pyridine rings is 1. The van der Waals surface area contributed by atoms with Gasteiger partial charge in [0.25, 0.3) is 5.91 Å². The summed E-state index contributed by atoms with van der Waals surface area (Å²) in [5, 5.41) is 5.04. The van der Waals surface area contributed by atoms with Crippen LogP contribution in [0.1, 0.15) is 41.6 Å². The fourth-order valence-corrected chi connectivity index (χ4v) is 3.85. The Balaban J connectivity index is 1.48. The van der Waals surface area contributed by atoms with E-state index >= 15 is 0 Å². The largest absolute Gasteiger partial charge is 0.361 e. The molecule has 140 valence electrons. The van der Waals surface area contributed by atoms with Crippen molar-refractivity contribution in [2.24, 2.45) is 0 Å². The number of fused-ring (bicyclic) bond motifs is 1. The molecule has 1 fully saturated rings. The Labute approximate surface area is 161 Å². The van der Waals surface area contributed by atoms with Crippen LogP contribution in [0.2, 0.25) is 0 Å². The van der Waals surface area contributed by atoms with E-state index in [2.05, 4.69) is 20.1 Å². The van der Waals surface area contributed by atoms with E-state index in [1.165, 1.54) is 0 Å². The van der Waals surface area contributed by atoms with Crippen LogP contribution in [0.15, 0.2) is 59.5 Å². The van der Waals surface area contributed by atoms with Gasteiger partial charge < -0.3 is 14.4 Å². The maximum Gasteiger partial charge on any atom is 0.255 e. The lowest BCUT2D eigenvalue weighted by molar-refractivity contribution is 0.0563. The number of likely N-dealkylation sites (tertiary alicyclic amines) is 1. The molecule has 1 aliphatic heterocycles. The number of amides is 1. The first-order valence-electron chi connectivity index (χ1n) is 9.42. The van der Waals surface area contributed by atoms with Gasteiger partial charge in [-0.25, -0.2) is 0 Å². The molecule has 5 rings (SSSR count). The normalized spacial score (nSPS) is 17.1. The highest BCUT2D eigenvalue weighted by atomic mass is 16.5. The Morgan fingerprint density at radius 3 is 2.93 bits per heavy atom. The molecule has 0 bridgehead atoms. The Hall–Kier alpha value is -3.48. The van der Waals surface area contributed by atoms with E-state index in [1.807, 2.05) is 47.5 Å². The minimum absolute atomic E-state index is 0.00133. The van der Waals surface area contributed by atoms with E-state index in [0.717, 1.165) is 35.7 Å². The van der Waals surface area contributed by atoms with Crippen molar-refractivity contribution in [3.8, 4) is 11.4 Å². The highest BCUT2D eigenvalue weighted by Crippen LogP contribution is 2.33. The number of piperidine rings is 1. The minimum Gasteiger partial charge on any atom is -0.361 e. The number of rotatable bonds is 3. The number of nitrogens with zero attached hydrogens (tertiary/aromatic N) is 4. The number of hydrogen-bond donors (Lipinski definition) is 1. The number of nitrogens with one attached hydrogen (secondary N) is 1. The molecule has 0 unspecified atom stereocenters. The lowest BCUT2D eigenvalue weighted by Crippen LogP contribution is -2.38. The van der Waals surface area contributed by atoms with Gasteiger partial charge in [-0.3, -0.25) is 9.78 Å². The zero-order valence-electron chi connectivity index (χ0n) is 15.2. The van der Waals surface area contributed by atoms with Crippen molar-refractivity contribution in [3.63, 3.8) is 0 Å². The summed E-state index contributed by atoms with van der Waals surface area (Å²) in [5.41, 5.74) is 2.49. The Morgan fingerprint density at radius 1 is 1.14 bits per heavy atom. The summed E-state index contributed by atoms with van der Waals surface area (Å²) in [5.74, 6) is 1.00. The highest BCUT2D eigenvalue weighted by molar-refractivity contribution is 6.06. The van der Waals surface area contributed by atoms with E-state index in [9.17, 15) is 4.79 Å². The molecule has 1 N–H and O–H groups in total. The first kappa shape index (κ1) is 16.7. The third-order valence-electron chi connectivity index (χ3n) is 5.25. The summed E-state index contributed by atoms with van der Waals surface area (Å²) in [6.07, 6.45) is 8.05. The van der Waals surface area contributed by atoms with Gasteiger partial charge >= 0.3 is 0 Å². The summed E-state index contributed by atoms with van der Waals surface area (Å²) >= 11 is 0. The molecule has 4 aromatic rings. The van der Waals surface area contributed by atoms with Crippen LogP contribution in [0.3, 0.4) is 0 Å². The third-order valence-corrected chi connectivity index (χ3v) is 5.25. The predicted octanol–water partition coefficient (Wildman–Crippen LogP) is 3.98.